The normalized spacial score (nSPS) is 10.8. The van der Waals surface area contributed by atoms with Crippen molar-refractivity contribution in [3.05, 3.63) is 54.3 Å². The maximum absolute atomic E-state index is 12.9. The highest BCUT2D eigenvalue weighted by Crippen LogP contribution is 2.30. The Hall–Kier alpha value is -2.29. The number of rotatable bonds is 2. The summed E-state index contributed by atoms with van der Waals surface area (Å²) in [7, 11) is 1.63. The molecule has 0 fully saturated rings. The molecule has 3 aromatic rings. The van der Waals surface area contributed by atoms with Gasteiger partial charge in [0.05, 0.1) is 7.11 Å². The van der Waals surface area contributed by atoms with Gasteiger partial charge in [-0.1, -0.05) is 0 Å². The van der Waals surface area contributed by atoms with E-state index in [1.807, 2.05) is 24.3 Å². The summed E-state index contributed by atoms with van der Waals surface area (Å²) in [5.74, 6) is 1.25. The molecule has 0 aliphatic rings. The lowest BCUT2D eigenvalue weighted by atomic mass is 10.1. The summed E-state index contributed by atoms with van der Waals surface area (Å²) >= 11 is 0. The van der Waals surface area contributed by atoms with Gasteiger partial charge in [-0.2, -0.15) is 0 Å². The third kappa shape index (κ3) is 1.84. The van der Waals surface area contributed by atoms with Crippen LogP contribution in [0.3, 0.4) is 0 Å². The average molecular weight is 242 g/mol. The van der Waals surface area contributed by atoms with Gasteiger partial charge in [-0.3, -0.25) is 0 Å². The Morgan fingerprint density at radius 1 is 1.00 bits per heavy atom. The fraction of sp³-hybridized carbons (Fsp3) is 0.0667. The Morgan fingerprint density at radius 2 is 1.78 bits per heavy atom. The zero-order valence-electron chi connectivity index (χ0n) is 9.81. The summed E-state index contributed by atoms with van der Waals surface area (Å²) in [5.41, 5.74) is 1.64. The van der Waals surface area contributed by atoms with Crippen LogP contribution in [0.2, 0.25) is 0 Å². The lowest BCUT2D eigenvalue weighted by Crippen LogP contribution is -1.79. The third-order valence-corrected chi connectivity index (χ3v) is 2.85. The highest BCUT2D eigenvalue weighted by molar-refractivity contribution is 5.84. The number of ether oxygens (including phenoxy) is 1. The molecule has 0 radical (unpaired) electrons. The van der Waals surface area contributed by atoms with Crippen molar-refractivity contribution in [2.24, 2.45) is 0 Å². The van der Waals surface area contributed by atoms with E-state index in [0.29, 0.717) is 0 Å². The van der Waals surface area contributed by atoms with Crippen LogP contribution in [0.5, 0.6) is 5.75 Å². The van der Waals surface area contributed by atoms with Crippen molar-refractivity contribution >= 4 is 11.0 Å². The van der Waals surface area contributed by atoms with Crippen LogP contribution in [0.25, 0.3) is 22.3 Å². The largest absolute Gasteiger partial charge is 0.497 e. The molecule has 0 aliphatic heterocycles. The lowest BCUT2D eigenvalue weighted by molar-refractivity contribution is 0.415. The molecule has 0 N–H and O–H groups in total. The second kappa shape index (κ2) is 4.18. The van der Waals surface area contributed by atoms with E-state index in [1.54, 1.807) is 19.2 Å². The standard InChI is InChI=1S/C15H11FO2/c1-17-13-6-7-14-11(8-13)9-15(18-14)10-2-4-12(16)5-3-10/h2-9H,1H3. The predicted molar refractivity (Wildman–Crippen MR) is 68.2 cm³/mol. The maximum Gasteiger partial charge on any atom is 0.135 e. The summed E-state index contributed by atoms with van der Waals surface area (Å²) in [6, 6.07) is 13.8. The van der Waals surface area contributed by atoms with E-state index in [4.69, 9.17) is 9.15 Å². The first kappa shape index (κ1) is 10.8. The minimum Gasteiger partial charge on any atom is -0.497 e. The van der Waals surface area contributed by atoms with Crippen LogP contribution in [0, 0.1) is 5.82 Å². The molecule has 2 aromatic carbocycles. The minimum atomic E-state index is -0.253. The van der Waals surface area contributed by atoms with Crippen LogP contribution in [-0.2, 0) is 0 Å². The molecule has 0 atom stereocenters. The van der Waals surface area contributed by atoms with E-state index in [0.717, 1.165) is 28.0 Å². The number of fused-ring (bicyclic) bond motifs is 1. The zero-order chi connectivity index (χ0) is 12.5. The van der Waals surface area contributed by atoms with E-state index < -0.39 is 0 Å². The number of methoxy groups -OCH3 is 1. The summed E-state index contributed by atoms with van der Waals surface area (Å²) in [6.45, 7) is 0. The molecule has 1 heterocycles. The second-order valence-corrected chi connectivity index (χ2v) is 4.02. The van der Waals surface area contributed by atoms with Crippen molar-refractivity contribution in [2.75, 3.05) is 7.11 Å². The quantitative estimate of drug-likeness (QED) is 0.670. The lowest BCUT2D eigenvalue weighted by Gasteiger charge is -1.96. The third-order valence-electron chi connectivity index (χ3n) is 2.85. The molecule has 0 saturated heterocycles. The molecule has 0 spiro atoms. The smallest absolute Gasteiger partial charge is 0.135 e. The summed E-state index contributed by atoms with van der Waals surface area (Å²) < 4.78 is 23.7. The number of hydrogen-bond acceptors (Lipinski definition) is 2. The molecule has 0 saturated carbocycles. The van der Waals surface area contributed by atoms with Gasteiger partial charge in [0.25, 0.3) is 0 Å². The van der Waals surface area contributed by atoms with Crippen LogP contribution < -0.4 is 4.74 Å². The van der Waals surface area contributed by atoms with Crippen molar-refractivity contribution in [3.63, 3.8) is 0 Å². The van der Waals surface area contributed by atoms with Gasteiger partial charge in [0, 0.05) is 10.9 Å². The maximum atomic E-state index is 12.9. The topological polar surface area (TPSA) is 22.4 Å². The summed E-state index contributed by atoms with van der Waals surface area (Å²) in [4.78, 5) is 0. The van der Waals surface area contributed by atoms with Gasteiger partial charge < -0.3 is 9.15 Å². The first-order chi connectivity index (χ1) is 8.76. The van der Waals surface area contributed by atoms with Crippen LogP contribution in [-0.4, -0.2) is 7.11 Å². The van der Waals surface area contributed by atoms with Gasteiger partial charge in [0.1, 0.15) is 22.9 Å². The molecule has 18 heavy (non-hydrogen) atoms. The van der Waals surface area contributed by atoms with E-state index in [2.05, 4.69) is 0 Å². The fourth-order valence-electron chi connectivity index (χ4n) is 1.90. The molecule has 3 heteroatoms. The molecular weight excluding hydrogens is 231 g/mol. The first-order valence-corrected chi connectivity index (χ1v) is 5.60. The Labute approximate surface area is 104 Å². The van der Waals surface area contributed by atoms with Gasteiger partial charge in [0.2, 0.25) is 0 Å². The van der Waals surface area contributed by atoms with Crippen LogP contribution >= 0.6 is 0 Å². The molecule has 1 aromatic heterocycles. The second-order valence-electron chi connectivity index (χ2n) is 4.02. The van der Waals surface area contributed by atoms with Crippen LogP contribution in [0.4, 0.5) is 4.39 Å². The summed E-state index contributed by atoms with van der Waals surface area (Å²) in [5, 5.41) is 0.966. The number of furan rings is 1. The number of benzene rings is 2. The molecule has 2 nitrogen and oxygen atoms in total. The predicted octanol–water partition coefficient (Wildman–Crippen LogP) is 4.25. The monoisotopic (exact) mass is 242 g/mol. The Bertz CT molecular complexity index is 683. The van der Waals surface area contributed by atoms with E-state index in [1.165, 1.54) is 12.1 Å². The van der Waals surface area contributed by atoms with Crippen LogP contribution in [0.1, 0.15) is 0 Å². The average Bonchev–Trinajstić information content (AvgIpc) is 2.82. The molecular formula is C15H11FO2. The van der Waals surface area contributed by atoms with Crippen molar-refractivity contribution in [3.8, 4) is 17.1 Å². The molecule has 3 rings (SSSR count). The van der Waals surface area contributed by atoms with Crippen molar-refractivity contribution in [1.82, 2.24) is 0 Å². The Morgan fingerprint density at radius 3 is 2.50 bits per heavy atom. The van der Waals surface area contributed by atoms with Crippen molar-refractivity contribution in [1.29, 1.82) is 0 Å². The Kier molecular flexibility index (Phi) is 2.52. The number of hydrogen-bond donors (Lipinski definition) is 0. The molecule has 0 unspecified atom stereocenters. The molecule has 0 amide bonds. The van der Waals surface area contributed by atoms with Gasteiger partial charge >= 0.3 is 0 Å². The van der Waals surface area contributed by atoms with Crippen molar-refractivity contribution < 1.29 is 13.5 Å². The first-order valence-electron chi connectivity index (χ1n) is 5.60. The molecule has 0 bridgehead atoms. The van der Waals surface area contributed by atoms with Gasteiger partial charge in [-0.15, -0.1) is 0 Å². The van der Waals surface area contributed by atoms with Gasteiger partial charge in [-0.05, 0) is 48.5 Å². The zero-order valence-corrected chi connectivity index (χ0v) is 9.81. The van der Waals surface area contributed by atoms with E-state index in [9.17, 15) is 4.39 Å². The van der Waals surface area contributed by atoms with Crippen LogP contribution in [0.15, 0.2) is 52.9 Å². The highest BCUT2D eigenvalue weighted by Gasteiger charge is 2.07. The SMILES string of the molecule is COc1ccc2oc(-c3ccc(F)cc3)cc2c1. The van der Waals surface area contributed by atoms with Gasteiger partial charge in [-0.25, -0.2) is 4.39 Å². The number of halogens is 1. The fourth-order valence-corrected chi connectivity index (χ4v) is 1.90. The van der Waals surface area contributed by atoms with Gasteiger partial charge in [0.15, 0.2) is 0 Å². The van der Waals surface area contributed by atoms with Crippen molar-refractivity contribution in [2.45, 2.75) is 0 Å². The van der Waals surface area contributed by atoms with E-state index >= 15 is 0 Å². The molecule has 0 aliphatic carbocycles. The van der Waals surface area contributed by atoms with E-state index in [-0.39, 0.29) is 5.82 Å². The Balaban J connectivity index is 2.10. The highest BCUT2D eigenvalue weighted by atomic mass is 19.1. The summed E-state index contributed by atoms with van der Waals surface area (Å²) in [6.07, 6.45) is 0. The molecule has 90 valence electrons. The minimum absolute atomic E-state index is 0.253.